The first-order chi connectivity index (χ1) is 10.5. The van der Waals surface area contributed by atoms with E-state index in [1.54, 1.807) is 6.07 Å². The van der Waals surface area contributed by atoms with E-state index in [2.05, 4.69) is 9.71 Å². The second kappa shape index (κ2) is 6.28. The van der Waals surface area contributed by atoms with Crippen molar-refractivity contribution in [1.29, 1.82) is 0 Å². The quantitative estimate of drug-likeness (QED) is 0.704. The highest BCUT2D eigenvalue weighted by Gasteiger charge is 2.14. The number of thioether (sulfide) groups is 1. The van der Waals surface area contributed by atoms with Crippen molar-refractivity contribution in [3.8, 4) is 0 Å². The van der Waals surface area contributed by atoms with E-state index in [4.69, 9.17) is 0 Å². The number of aromatic nitrogens is 1. The number of hydrogen-bond donors (Lipinski definition) is 1. The molecule has 1 N–H and O–H groups in total. The number of thiazole rings is 1. The first-order valence-electron chi connectivity index (χ1n) is 6.58. The third kappa shape index (κ3) is 3.60. The Morgan fingerprint density at radius 3 is 2.64 bits per heavy atom. The van der Waals surface area contributed by atoms with Crippen molar-refractivity contribution in [3.63, 3.8) is 0 Å². The van der Waals surface area contributed by atoms with Gasteiger partial charge in [-0.2, -0.15) is 0 Å². The van der Waals surface area contributed by atoms with Crippen molar-refractivity contribution in [1.82, 2.24) is 4.98 Å². The fourth-order valence-electron chi connectivity index (χ4n) is 1.93. The third-order valence-electron chi connectivity index (χ3n) is 3.02. The molecule has 0 saturated heterocycles. The van der Waals surface area contributed by atoms with Crippen molar-refractivity contribution >= 4 is 49.0 Å². The lowest BCUT2D eigenvalue weighted by atomic mass is 10.2. The zero-order valence-electron chi connectivity index (χ0n) is 11.8. The Bertz CT molecular complexity index is 871. The Balaban J connectivity index is 1.71. The van der Waals surface area contributed by atoms with Crippen molar-refractivity contribution in [3.05, 3.63) is 54.1 Å². The molecular weight excluding hydrogens is 336 g/mol. The summed E-state index contributed by atoms with van der Waals surface area (Å²) in [6.07, 6.45) is 0. The normalized spacial score (nSPS) is 11.7. The van der Waals surface area contributed by atoms with Crippen LogP contribution in [0.1, 0.15) is 5.56 Å². The average molecular weight is 350 g/mol. The molecule has 0 spiro atoms. The molecule has 0 amide bonds. The molecule has 1 heterocycles. The van der Waals surface area contributed by atoms with E-state index in [0.717, 1.165) is 20.1 Å². The minimum atomic E-state index is -3.41. The molecule has 22 heavy (non-hydrogen) atoms. The Labute approximate surface area is 137 Å². The van der Waals surface area contributed by atoms with Crippen LogP contribution in [0.3, 0.4) is 0 Å². The van der Waals surface area contributed by atoms with Gasteiger partial charge >= 0.3 is 0 Å². The van der Waals surface area contributed by atoms with Gasteiger partial charge in [-0.25, -0.2) is 13.4 Å². The molecule has 7 heteroatoms. The van der Waals surface area contributed by atoms with E-state index >= 15 is 0 Å². The van der Waals surface area contributed by atoms with Gasteiger partial charge in [0.1, 0.15) is 5.08 Å². The minimum absolute atomic E-state index is 0.0544. The molecule has 0 unspecified atom stereocenters. The number of nitrogens with zero attached hydrogens (tertiary/aromatic N) is 1. The number of para-hydroxylation sites is 2. The van der Waals surface area contributed by atoms with Gasteiger partial charge in [0.2, 0.25) is 10.0 Å². The van der Waals surface area contributed by atoms with Crippen molar-refractivity contribution in [2.24, 2.45) is 0 Å². The van der Waals surface area contributed by atoms with E-state index in [0.29, 0.717) is 5.69 Å². The van der Waals surface area contributed by atoms with Gasteiger partial charge in [0.05, 0.1) is 15.9 Å². The van der Waals surface area contributed by atoms with Crippen LogP contribution in [0.15, 0.2) is 52.9 Å². The van der Waals surface area contributed by atoms with Gasteiger partial charge in [-0.1, -0.05) is 42.1 Å². The van der Waals surface area contributed by atoms with Crippen LogP contribution in [-0.2, 0) is 10.0 Å². The molecular formula is C15H14N2O2S3. The predicted molar refractivity (Wildman–Crippen MR) is 94.1 cm³/mol. The fraction of sp³-hybridized carbons (Fsp3) is 0.133. The summed E-state index contributed by atoms with van der Waals surface area (Å²) in [5.74, 6) is 0. The van der Waals surface area contributed by atoms with Crippen LogP contribution < -0.4 is 4.72 Å². The SMILES string of the molecule is Cc1ccccc1NS(=O)(=O)CSc1nc2ccccc2s1. The maximum absolute atomic E-state index is 12.2. The van der Waals surface area contributed by atoms with Crippen LogP contribution in [0.25, 0.3) is 10.2 Å². The largest absolute Gasteiger partial charge is 0.283 e. The summed E-state index contributed by atoms with van der Waals surface area (Å²) in [4.78, 5) is 4.43. The molecule has 0 bridgehead atoms. The number of anilines is 1. The van der Waals surface area contributed by atoms with E-state index in [-0.39, 0.29) is 5.08 Å². The average Bonchev–Trinajstić information content (AvgIpc) is 2.91. The lowest BCUT2D eigenvalue weighted by Crippen LogP contribution is -2.15. The Kier molecular flexibility index (Phi) is 4.37. The highest BCUT2D eigenvalue weighted by molar-refractivity contribution is 8.13. The van der Waals surface area contributed by atoms with Crippen LogP contribution in [0.5, 0.6) is 0 Å². The van der Waals surface area contributed by atoms with E-state index < -0.39 is 10.0 Å². The lowest BCUT2D eigenvalue weighted by Gasteiger charge is -2.09. The maximum Gasteiger partial charge on any atom is 0.242 e. The van der Waals surface area contributed by atoms with Crippen LogP contribution in [0, 0.1) is 6.92 Å². The number of benzene rings is 2. The molecule has 114 valence electrons. The monoisotopic (exact) mass is 350 g/mol. The molecule has 3 rings (SSSR count). The molecule has 0 atom stereocenters. The van der Waals surface area contributed by atoms with Gasteiger partial charge in [0, 0.05) is 0 Å². The van der Waals surface area contributed by atoms with Crippen LogP contribution >= 0.6 is 23.1 Å². The number of nitrogens with one attached hydrogen (secondary N) is 1. The van der Waals surface area contributed by atoms with Crippen LogP contribution in [0.2, 0.25) is 0 Å². The molecule has 2 aromatic carbocycles. The summed E-state index contributed by atoms with van der Waals surface area (Å²) in [6.45, 7) is 1.87. The van der Waals surface area contributed by atoms with Crippen LogP contribution in [-0.4, -0.2) is 18.5 Å². The molecule has 0 aliphatic heterocycles. The molecule has 0 saturated carbocycles. The summed E-state index contributed by atoms with van der Waals surface area (Å²) in [5, 5.41) is -0.0544. The van der Waals surface area contributed by atoms with E-state index in [1.165, 1.54) is 23.1 Å². The first kappa shape index (κ1) is 15.3. The summed E-state index contributed by atoms with van der Waals surface area (Å²) >= 11 is 2.74. The smallest absolute Gasteiger partial charge is 0.242 e. The maximum atomic E-state index is 12.2. The Morgan fingerprint density at radius 2 is 1.86 bits per heavy atom. The van der Waals surface area contributed by atoms with Crippen molar-refractivity contribution in [2.75, 3.05) is 9.81 Å². The van der Waals surface area contributed by atoms with Gasteiger partial charge in [0.25, 0.3) is 0 Å². The third-order valence-corrected chi connectivity index (χ3v) is 7.04. The molecule has 0 radical (unpaired) electrons. The number of fused-ring (bicyclic) bond motifs is 1. The number of aryl methyl sites for hydroxylation is 1. The molecule has 1 aromatic heterocycles. The van der Waals surface area contributed by atoms with Crippen molar-refractivity contribution < 1.29 is 8.42 Å². The lowest BCUT2D eigenvalue weighted by molar-refractivity contribution is 0.605. The molecule has 0 aliphatic rings. The molecule has 0 aliphatic carbocycles. The summed E-state index contributed by atoms with van der Waals surface area (Å²) < 4.78 is 28.8. The number of sulfonamides is 1. The van der Waals surface area contributed by atoms with Gasteiger partial charge in [0.15, 0.2) is 4.34 Å². The molecule has 4 nitrogen and oxygen atoms in total. The first-order valence-corrected chi connectivity index (χ1v) is 10.0. The van der Waals surface area contributed by atoms with Gasteiger partial charge in [-0.15, -0.1) is 11.3 Å². The van der Waals surface area contributed by atoms with E-state index in [9.17, 15) is 8.42 Å². The van der Waals surface area contributed by atoms with Crippen LogP contribution in [0.4, 0.5) is 5.69 Å². The standard InChI is InChI=1S/C15H14N2O2S3/c1-11-6-2-3-7-12(11)17-22(18,19)10-20-15-16-13-8-4-5-9-14(13)21-15/h2-9,17H,10H2,1H3. The zero-order valence-corrected chi connectivity index (χ0v) is 14.3. The van der Waals surface area contributed by atoms with Gasteiger partial charge in [-0.3, -0.25) is 4.72 Å². The summed E-state index contributed by atoms with van der Waals surface area (Å²) in [6, 6.07) is 15.1. The topological polar surface area (TPSA) is 59.1 Å². The van der Waals surface area contributed by atoms with E-state index in [1.807, 2.05) is 49.4 Å². The van der Waals surface area contributed by atoms with Crippen molar-refractivity contribution in [2.45, 2.75) is 11.3 Å². The molecule has 0 fully saturated rings. The highest BCUT2D eigenvalue weighted by Crippen LogP contribution is 2.30. The summed E-state index contributed by atoms with van der Waals surface area (Å²) in [5.41, 5.74) is 2.42. The number of rotatable bonds is 5. The second-order valence-electron chi connectivity index (χ2n) is 4.74. The minimum Gasteiger partial charge on any atom is -0.283 e. The second-order valence-corrected chi connectivity index (χ2v) is 9.08. The Hall–Kier alpha value is -1.57. The highest BCUT2D eigenvalue weighted by atomic mass is 32.3. The zero-order chi connectivity index (χ0) is 15.6. The number of hydrogen-bond acceptors (Lipinski definition) is 5. The van der Waals surface area contributed by atoms with Gasteiger partial charge < -0.3 is 0 Å². The van der Waals surface area contributed by atoms with Gasteiger partial charge in [-0.05, 0) is 30.7 Å². The Morgan fingerprint density at radius 1 is 1.14 bits per heavy atom. The molecule has 3 aromatic rings. The predicted octanol–water partition coefficient (Wildman–Crippen LogP) is 4.10. The summed E-state index contributed by atoms with van der Waals surface area (Å²) in [7, 11) is -3.41. The fourth-order valence-corrected chi connectivity index (χ4v) is 5.55.